The summed E-state index contributed by atoms with van der Waals surface area (Å²) in [6, 6.07) is 5.33. The van der Waals surface area contributed by atoms with Gasteiger partial charge in [0.2, 0.25) is 5.95 Å². The minimum atomic E-state index is -0.364. The normalized spacial score (nSPS) is 16.3. The zero-order valence-electron chi connectivity index (χ0n) is 15.1. The Balaban J connectivity index is 1.61. The van der Waals surface area contributed by atoms with Gasteiger partial charge in [-0.15, -0.1) is 10.2 Å². The first-order chi connectivity index (χ1) is 13.0. The second-order valence-corrected chi connectivity index (χ2v) is 7.26. The Labute approximate surface area is 159 Å². The van der Waals surface area contributed by atoms with Crippen LogP contribution in [0.2, 0.25) is 0 Å². The third-order valence-electron chi connectivity index (χ3n) is 4.54. The van der Waals surface area contributed by atoms with E-state index in [1.54, 1.807) is 4.90 Å². The summed E-state index contributed by atoms with van der Waals surface area (Å²) in [5, 5.41) is 9.27. The molecule has 1 amide bonds. The molecule has 0 N–H and O–H groups in total. The minimum Gasteiger partial charge on any atom is -0.346 e. The van der Waals surface area contributed by atoms with Crippen LogP contribution in [0.1, 0.15) is 29.1 Å². The van der Waals surface area contributed by atoms with Gasteiger partial charge in [-0.25, -0.2) is 4.39 Å². The standard InChI is InChI=1S/C17H18FN7OS/c1-10-13-20-21-14(15-19-17(22-27-15)23(2)3)25(13)9-8-24(10)16(26)11-4-6-12(18)7-5-11/h4-7,10H,8-9H2,1-3H3/t10-/m1/s1. The van der Waals surface area contributed by atoms with Crippen molar-refractivity contribution in [3.63, 3.8) is 0 Å². The van der Waals surface area contributed by atoms with Crippen LogP contribution < -0.4 is 4.90 Å². The van der Waals surface area contributed by atoms with E-state index < -0.39 is 0 Å². The first-order valence-corrected chi connectivity index (χ1v) is 9.24. The number of amides is 1. The quantitative estimate of drug-likeness (QED) is 0.686. The Bertz CT molecular complexity index is 982. The van der Waals surface area contributed by atoms with Gasteiger partial charge in [0.1, 0.15) is 5.82 Å². The lowest BCUT2D eigenvalue weighted by atomic mass is 10.1. The van der Waals surface area contributed by atoms with Gasteiger partial charge in [0.15, 0.2) is 16.7 Å². The summed E-state index contributed by atoms with van der Waals surface area (Å²) < 4.78 is 19.4. The maximum Gasteiger partial charge on any atom is 0.254 e. The van der Waals surface area contributed by atoms with Crippen molar-refractivity contribution in [1.29, 1.82) is 0 Å². The number of aromatic nitrogens is 5. The van der Waals surface area contributed by atoms with E-state index in [1.807, 2.05) is 30.5 Å². The van der Waals surface area contributed by atoms with Gasteiger partial charge in [-0.2, -0.15) is 9.36 Å². The van der Waals surface area contributed by atoms with Gasteiger partial charge in [-0.05, 0) is 42.7 Å². The van der Waals surface area contributed by atoms with Crippen LogP contribution >= 0.6 is 11.5 Å². The first kappa shape index (κ1) is 17.5. The van der Waals surface area contributed by atoms with E-state index in [2.05, 4.69) is 19.6 Å². The number of rotatable bonds is 3. The van der Waals surface area contributed by atoms with Crippen molar-refractivity contribution < 1.29 is 9.18 Å². The summed E-state index contributed by atoms with van der Waals surface area (Å²) in [6.45, 7) is 2.98. The van der Waals surface area contributed by atoms with E-state index >= 15 is 0 Å². The van der Waals surface area contributed by atoms with Crippen LogP contribution in [-0.2, 0) is 6.54 Å². The van der Waals surface area contributed by atoms with Crippen molar-refractivity contribution in [3.05, 3.63) is 41.5 Å². The summed E-state index contributed by atoms with van der Waals surface area (Å²) >= 11 is 1.27. The Morgan fingerprint density at radius 3 is 2.63 bits per heavy atom. The van der Waals surface area contributed by atoms with E-state index in [4.69, 9.17) is 0 Å². The second kappa shape index (κ2) is 6.69. The van der Waals surface area contributed by atoms with Gasteiger partial charge in [0.25, 0.3) is 5.91 Å². The fourth-order valence-corrected chi connectivity index (χ4v) is 3.79. The number of benzene rings is 1. The predicted molar refractivity (Wildman–Crippen MR) is 99.1 cm³/mol. The molecule has 1 aliphatic rings. The molecule has 0 spiro atoms. The molecule has 27 heavy (non-hydrogen) atoms. The molecule has 1 aliphatic heterocycles. The highest BCUT2D eigenvalue weighted by Crippen LogP contribution is 2.30. The summed E-state index contributed by atoms with van der Waals surface area (Å²) in [6.07, 6.45) is 0. The second-order valence-electron chi connectivity index (χ2n) is 6.51. The van der Waals surface area contributed by atoms with Gasteiger partial charge in [-0.3, -0.25) is 4.79 Å². The molecule has 0 saturated carbocycles. The van der Waals surface area contributed by atoms with Gasteiger partial charge in [0.05, 0.1) is 6.04 Å². The van der Waals surface area contributed by atoms with Crippen LogP contribution in [0.25, 0.3) is 10.8 Å². The van der Waals surface area contributed by atoms with E-state index in [9.17, 15) is 9.18 Å². The van der Waals surface area contributed by atoms with E-state index in [0.717, 1.165) is 0 Å². The fraction of sp³-hybridized carbons (Fsp3) is 0.353. The highest BCUT2D eigenvalue weighted by atomic mass is 32.1. The number of hydrogen-bond acceptors (Lipinski definition) is 7. The smallest absolute Gasteiger partial charge is 0.254 e. The Hall–Kier alpha value is -2.88. The van der Waals surface area contributed by atoms with Crippen molar-refractivity contribution in [2.24, 2.45) is 0 Å². The summed E-state index contributed by atoms with van der Waals surface area (Å²) in [5.41, 5.74) is 0.455. The molecule has 0 radical (unpaired) electrons. The monoisotopic (exact) mass is 387 g/mol. The lowest BCUT2D eigenvalue weighted by molar-refractivity contribution is 0.0638. The molecule has 0 saturated heterocycles. The molecule has 8 nitrogen and oxygen atoms in total. The number of halogens is 1. The molecule has 1 atom stereocenters. The highest BCUT2D eigenvalue weighted by Gasteiger charge is 2.32. The average Bonchev–Trinajstić information content (AvgIpc) is 3.29. The van der Waals surface area contributed by atoms with Gasteiger partial charge in [0, 0.05) is 32.7 Å². The number of hydrogen-bond donors (Lipinski definition) is 0. The predicted octanol–water partition coefficient (Wildman–Crippen LogP) is 2.22. The zero-order valence-corrected chi connectivity index (χ0v) is 15.9. The molecule has 1 aromatic carbocycles. The minimum absolute atomic E-state index is 0.149. The number of carbonyl (C=O) groups excluding carboxylic acids is 1. The van der Waals surface area contributed by atoms with Crippen LogP contribution in [0.3, 0.4) is 0 Å². The largest absolute Gasteiger partial charge is 0.346 e. The molecule has 0 bridgehead atoms. The molecule has 140 valence electrons. The Morgan fingerprint density at radius 2 is 1.96 bits per heavy atom. The van der Waals surface area contributed by atoms with Crippen molar-refractivity contribution in [1.82, 2.24) is 29.0 Å². The van der Waals surface area contributed by atoms with Crippen molar-refractivity contribution in [3.8, 4) is 10.8 Å². The van der Waals surface area contributed by atoms with Crippen LogP contribution in [-0.4, -0.2) is 55.6 Å². The number of fused-ring (bicyclic) bond motifs is 1. The molecule has 3 heterocycles. The van der Waals surface area contributed by atoms with Gasteiger partial charge < -0.3 is 14.4 Å². The molecule has 2 aromatic heterocycles. The zero-order chi connectivity index (χ0) is 19.1. The summed E-state index contributed by atoms with van der Waals surface area (Å²) in [5.74, 6) is 1.48. The molecular formula is C17H18FN7OS. The third-order valence-corrected chi connectivity index (χ3v) is 5.25. The van der Waals surface area contributed by atoms with Gasteiger partial charge >= 0.3 is 0 Å². The molecule has 0 aliphatic carbocycles. The number of anilines is 1. The SMILES string of the molecule is C[C@@H]1c2nnc(-c3nc(N(C)C)ns3)n2CCN1C(=O)c1ccc(F)cc1. The highest BCUT2D eigenvalue weighted by molar-refractivity contribution is 7.09. The molecule has 0 fully saturated rings. The van der Waals surface area contributed by atoms with Crippen molar-refractivity contribution in [2.45, 2.75) is 19.5 Å². The molecule has 10 heteroatoms. The topological polar surface area (TPSA) is 80.0 Å². The third kappa shape index (κ3) is 3.05. The average molecular weight is 387 g/mol. The number of nitrogens with zero attached hydrogens (tertiary/aromatic N) is 7. The van der Waals surface area contributed by atoms with E-state index in [1.165, 1.54) is 35.8 Å². The fourth-order valence-electron chi connectivity index (χ4n) is 3.07. The van der Waals surface area contributed by atoms with Gasteiger partial charge in [-0.1, -0.05) is 0 Å². The maximum absolute atomic E-state index is 13.1. The molecule has 3 aromatic rings. The van der Waals surface area contributed by atoms with Crippen LogP contribution in [0.15, 0.2) is 24.3 Å². The molecular weight excluding hydrogens is 369 g/mol. The van der Waals surface area contributed by atoms with E-state index in [0.29, 0.717) is 41.3 Å². The van der Waals surface area contributed by atoms with Crippen LogP contribution in [0, 0.1) is 5.82 Å². The number of carbonyl (C=O) groups is 1. The Morgan fingerprint density at radius 1 is 1.22 bits per heavy atom. The maximum atomic E-state index is 13.1. The van der Waals surface area contributed by atoms with Crippen LogP contribution in [0.4, 0.5) is 10.3 Å². The van der Waals surface area contributed by atoms with Crippen molar-refractivity contribution >= 4 is 23.4 Å². The van der Waals surface area contributed by atoms with Crippen LogP contribution in [0.5, 0.6) is 0 Å². The van der Waals surface area contributed by atoms with Crippen molar-refractivity contribution in [2.75, 3.05) is 25.5 Å². The lowest BCUT2D eigenvalue weighted by Gasteiger charge is -2.33. The summed E-state index contributed by atoms with van der Waals surface area (Å²) in [7, 11) is 3.76. The summed E-state index contributed by atoms with van der Waals surface area (Å²) in [4.78, 5) is 20.9. The first-order valence-electron chi connectivity index (χ1n) is 8.46. The Kier molecular flexibility index (Phi) is 4.34. The molecule has 4 rings (SSSR count). The molecule has 0 unspecified atom stereocenters. The van der Waals surface area contributed by atoms with E-state index in [-0.39, 0.29) is 17.8 Å². The lowest BCUT2D eigenvalue weighted by Crippen LogP contribution is -2.41.